The van der Waals surface area contributed by atoms with Crippen LogP contribution in [0.3, 0.4) is 0 Å². The van der Waals surface area contributed by atoms with Crippen molar-refractivity contribution in [2.45, 2.75) is 52.5 Å². The maximum atomic E-state index is 12.5. The Morgan fingerprint density at radius 2 is 1.82 bits per heavy atom. The largest absolute Gasteiger partial charge is 0.382 e. The van der Waals surface area contributed by atoms with Crippen LogP contribution in [0.2, 0.25) is 0 Å². The molecule has 1 aromatic carbocycles. The second-order valence-electron chi connectivity index (χ2n) is 7.08. The molecule has 2 N–H and O–H groups in total. The topological polar surface area (TPSA) is 66.0 Å². The van der Waals surface area contributed by atoms with Gasteiger partial charge in [0.15, 0.2) is 5.96 Å². The van der Waals surface area contributed by atoms with Crippen molar-refractivity contribution in [3.05, 3.63) is 35.4 Å². The van der Waals surface area contributed by atoms with Crippen molar-refractivity contribution in [2.24, 2.45) is 4.99 Å². The molecule has 6 heteroatoms. The zero-order valence-corrected chi connectivity index (χ0v) is 17.5. The van der Waals surface area contributed by atoms with E-state index < -0.39 is 0 Å². The van der Waals surface area contributed by atoms with Gasteiger partial charge in [0.1, 0.15) is 0 Å². The molecule has 1 aliphatic heterocycles. The SMILES string of the molecule is CCNC(=NCc1ccc(C(=O)N2CCCCC2)cc1)NCCCCOCC. The molecule has 2 rings (SSSR count). The number of unbranched alkanes of at least 4 members (excludes halogenated alkanes) is 1. The highest BCUT2D eigenvalue weighted by atomic mass is 16.5. The van der Waals surface area contributed by atoms with Crippen LogP contribution in [-0.4, -0.2) is 56.2 Å². The Hall–Kier alpha value is -2.08. The summed E-state index contributed by atoms with van der Waals surface area (Å²) in [5, 5.41) is 6.64. The van der Waals surface area contributed by atoms with Crippen LogP contribution < -0.4 is 10.6 Å². The molecular formula is C22H36N4O2. The van der Waals surface area contributed by atoms with E-state index in [1.165, 1.54) is 6.42 Å². The maximum absolute atomic E-state index is 12.5. The first-order valence-electron chi connectivity index (χ1n) is 10.7. The Balaban J connectivity index is 1.81. The lowest BCUT2D eigenvalue weighted by Gasteiger charge is -2.26. The van der Waals surface area contributed by atoms with Gasteiger partial charge in [-0.15, -0.1) is 0 Å². The lowest BCUT2D eigenvalue weighted by Crippen LogP contribution is -2.37. The number of carbonyl (C=O) groups is 1. The standard InChI is InChI=1S/C22H36N4O2/c1-3-23-22(24-14-6-9-17-28-4-2)25-18-19-10-12-20(13-11-19)21(27)26-15-7-5-8-16-26/h10-13H,3-9,14-18H2,1-2H3,(H2,23,24,25). The molecule has 156 valence electrons. The summed E-state index contributed by atoms with van der Waals surface area (Å²) in [7, 11) is 0. The molecule has 1 amide bonds. The second-order valence-corrected chi connectivity index (χ2v) is 7.08. The zero-order chi connectivity index (χ0) is 20.0. The van der Waals surface area contributed by atoms with Crippen molar-refractivity contribution >= 4 is 11.9 Å². The number of amides is 1. The highest BCUT2D eigenvalue weighted by Crippen LogP contribution is 2.14. The van der Waals surface area contributed by atoms with E-state index in [0.717, 1.165) is 82.2 Å². The average molecular weight is 389 g/mol. The van der Waals surface area contributed by atoms with E-state index in [4.69, 9.17) is 4.74 Å². The predicted molar refractivity (Wildman–Crippen MR) is 115 cm³/mol. The van der Waals surface area contributed by atoms with Crippen LogP contribution in [0.15, 0.2) is 29.3 Å². The number of piperidine rings is 1. The van der Waals surface area contributed by atoms with Gasteiger partial charge in [-0.25, -0.2) is 4.99 Å². The van der Waals surface area contributed by atoms with Crippen LogP contribution in [0.5, 0.6) is 0 Å². The van der Waals surface area contributed by atoms with E-state index >= 15 is 0 Å². The smallest absolute Gasteiger partial charge is 0.253 e. The van der Waals surface area contributed by atoms with E-state index in [2.05, 4.69) is 22.5 Å². The summed E-state index contributed by atoms with van der Waals surface area (Å²) in [5.74, 6) is 0.976. The Morgan fingerprint density at radius 3 is 2.50 bits per heavy atom. The van der Waals surface area contributed by atoms with Gasteiger partial charge >= 0.3 is 0 Å². The number of nitrogens with one attached hydrogen (secondary N) is 2. The Kier molecular flexibility index (Phi) is 10.4. The van der Waals surface area contributed by atoms with Crippen molar-refractivity contribution in [3.8, 4) is 0 Å². The van der Waals surface area contributed by atoms with Gasteiger partial charge in [-0.3, -0.25) is 4.79 Å². The van der Waals surface area contributed by atoms with Crippen molar-refractivity contribution in [1.82, 2.24) is 15.5 Å². The molecule has 1 fully saturated rings. The summed E-state index contributed by atoms with van der Waals surface area (Å²) in [6.07, 6.45) is 5.56. The summed E-state index contributed by atoms with van der Waals surface area (Å²) in [6.45, 7) is 9.73. The van der Waals surface area contributed by atoms with Crippen LogP contribution in [0.4, 0.5) is 0 Å². The van der Waals surface area contributed by atoms with Gasteiger partial charge in [-0.2, -0.15) is 0 Å². The van der Waals surface area contributed by atoms with Gasteiger partial charge < -0.3 is 20.3 Å². The number of aliphatic imine (C=N–C) groups is 1. The molecule has 0 bridgehead atoms. The summed E-state index contributed by atoms with van der Waals surface area (Å²) >= 11 is 0. The fraction of sp³-hybridized carbons (Fsp3) is 0.636. The van der Waals surface area contributed by atoms with E-state index in [9.17, 15) is 4.79 Å². The van der Waals surface area contributed by atoms with Crippen molar-refractivity contribution in [2.75, 3.05) is 39.4 Å². The lowest BCUT2D eigenvalue weighted by molar-refractivity contribution is 0.0724. The molecule has 1 heterocycles. The molecule has 1 saturated heterocycles. The molecule has 0 aromatic heterocycles. The number of ether oxygens (including phenoxy) is 1. The van der Waals surface area contributed by atoms with Crippen LogP contribution in [0.25, 0.3) is 0 Å². The first kappa shape index (κ1) is 22.2. The van der Waals surface area contributed by atoms with Gasteiger partial charge in [0.25, 0.3) is 5.91 Å². The molecule has 1 aromatic rings. The van der Waals surface area contributed by atoms with Crippen molar-refractivity contribution < 1.29 is 9.53 Å². The van der Waals surface area contributed by atoms with E-state index in [1.54, 1.807) is 0 Å². The van der Waals surface area contributed by atoms with Crippen LogP contribution >= 0.6 is 0 Å². The number of benzene rings is 1. The average Bonchev–Trinajstić information content (AvgIpc) is 2.75. The van der Waals surface area contributed by atoms with E-state index in [-0.39, 0.29) is 5.91 Å². The third kappa shape index (κ3) is 7.89. The number of guanidine groups is 1. The van der Waals surface area contributed by atoms with Gasteiger partial charge in [0, 0.05) is 45.0 Å². The highest BCUT2D eigenvalue weighted by Gasteiger charge is 2.17. The van der Waals surface area contributed by atoms with E-state index in [0.29, 0.717) is 6.54 Å². The molecule has 0 aliphatic carbocycles. The summed E-state index contributed by atoms with van der Waals surface area (Å²) in [6, 6.07) is 7.87. The molecule has 0 radical (unpaired) electrons. The molecule has 0 unspecified atom stereocenters. The number of carbonyl (C=O) groups excluding carboxylic acids is 1. The van der Waals surface area contributed by atoms with Gasteiger partial charge in [0.2, 0.25) is 0 Å². The molecule has 0 spiro atoms. The van der Waals surface area contributed by atoms with Gasteiger partial charge in [0.05, 0.1) is 6.54 Å². The monoisotopic (exact) mass is 388 g/mol. The molecular weight excluding hydrogens is 352 g/mol. The minimum absolute atomic E-state index is 0.150. The Labute approximate surface area is 169 Å². The number of nitrogens with zero attached hydrogens (tertiary/aromatic N) is 2. The fourth-order valence-electron chi connectivity index (χ4n) is 3.22. The molecule has 0 saturated carbocycles. The third-order valence-corrected chi connectivity index (χ3v) is 4.82. The van der Waals surface area contributed by atoms with Crippen LogP contribution in [0, 0.1) is 0 Å². The number of likely N-dealkylation sites (tertiary alicyclic amines) is 1. The zero-order valence-electron chi connectivity index (χ0n) is 17.5. The quantitative estimate of drug-likeness (QED) is 0.367. The summed E-state index contributed by atoms with van der Waals surface area (Å²) < 4.78 is 5.36. The minimum atomic E-state index is 0.150. The molecule has 28 heavy (non-hydrogen) atoms. The van der Waals surface area contributed by atoms with Crippen molar-refractivity contribution in [3.63, 3.8) is 0 Å². The normalized spacial score (nSPS) is 14.8. The fourth-order valence-corrected chi connectivity index (χ4v) is 3.22. The highest BCUT2D eigenvalue weighted by molar-refractivity contribution is 5.94. The number of rotatable bonds is 10. The van der Waals surface area contributed by atoms with Gasteiger partial charge in [-0.05, 0) is 63.6 Å². The van der Waals surface area contributed by atoms with Gasteiger partial charge in [-0.1, -0.05) is 12.1 Å². The minimum Gasteiger partial charge on any atom is -0.382 e. The first-order chi connectivity index (χ1) is 13.7. The maximum Gasteiger partial charge on any atom is 0.253 e. The number of hydrogen-bond donors (Lipinski definition) is 2. The van der Waals surface area contributed by atoms with Crippen molar-refractivity contribution in [1.29, 1.82) is 0 Å². The summed E-state index contributed by atoms with van der Waals surface area (Å²) in [4.78, 5) is 19.2. The second kappa shape index (κ2) is 13.2. The summed E-state index contributed by atoms with van der Waals surface area (Å²) in [5.41, 5.74) is 1.87. The lowest BCUT2D eigenvalue weighted by atomic mass is 10.1. The number of hydrogen-bond acceptors (Lipinski definition) is 3. The predicted octanol–water partition coefficient (Wildman–Crippen LogP) is 3.18. The van der Waals surface area contributed by atoms with Crippen LogP contribution in [0.1, 0.15) is 61.9 Å². The Bertz CT molecular complexity index is 595. The molecule has 6 nitrogen and oxygen atoms in total. The Morgan fingerprint density at radius 1 is 1.07 bits per heavy atom. The third-order valence-electron chi connectivity index (χ3n) is 4.82. The van der Waals surface area contributed by atoms with Crippen LogP contribution in [-0.2, 0) is 11.3 Å². The first-order valence-corrected chi connectivity index (χ1v) is 10.7. The molecule has 0 atom stereocenters. The molecule has 1 aliphatic rings. The van der Waals surface area contributed by atoms with E-state index in [1.807, 2.05) is 36.1 Å².